The first kappa shape index (κ1) is 18.8. The lowest BCUT2D eigenvalue weighted by atomic mass is 9.70. The number of rotatable bonds is 3. The van der Waals surface area contributed by atoms with Crippen molar-refractivity contribution >= 4 is 17.3 Å². The van der Waals surface area contributed by atoms with Crippen LogP contribution in [0.4, 0.5) is 11.4 Å². The van der Waals surface area contributed by atoms with Gasteiger partial charge in [0.25, 0.3) is 0 Å². The van der Waals surface area contributed by atoms with Gasteiger partial charge in [-0.3, -0.25) is 0 Å². The molecule has 5 heteroatoms. The molecule has 5 atom stereocenters. The smallest absolute Gasteiger partial charge is 0.340 e. The van der Waals surface area contributed by atoms with E-state index in [4.69, 9.17) is 9.47 Å². The minimum atomic E-state index is -0.218. The summed E-state index contributed by atoms with van der Waals surface area (Å²) in [6.45, 7) is 11.8. The highest BCUT2D eigenvalue weighted by atomic mass is 16.6. The summed E-state index contributed by atoms with van der Waals surface area (Å²) in [7, 11) is 0. The number of carbonyl (C=O) groups is 1. The average molecular weight is 397 g/mol. The number of likely N-dealkylation sites (N-methyl/N-ethyl adjacent to an activating group) is 1. The molecular formula is C24H32N2O3. The number of esters is 1. The van der Waals surface area contributed by atoms with Gasteiger partial charge in [0.2, 0.25) is 0 Å². The normalized spacial score (nSPS) is 36.4. The Morgan fingerprint density at radius 3 is 2.72 bits per heavy atom. The number of carbonyl (C=O) groups excluding carboxylic acids is 1. The van der Waals surface area contributed by atoms with Gasteiger partial charge in [0, 0.05) is 12.0 Å². The third-order valence-electron chi connectivity index (χ3n) is 8.63. The summed E-state index contributed by atoms with van der Waals surface area (Å²) in [5, 5.41) is 3.54. The Hall–Kier alpha value is -2.17. The third-order valence-corrected chi connectivity index (χ3v) is 8.63. The van der Waals surface area contributed by atoms with Crippen LogP contribution in [0.15, 0.2) is 35.6 Å². The van der Waals surface area contributed by atoms with E-state index >= 15 is 0 Å². The highest BCUT2D eigenvalue weighted by molar-refractivity contribution is 5.93. The molecule has 5 nitrogen and oxygen atoms in total. The van der Waals surface area contributed by atoms with Crippen LogP contribution in [0.5, 0.6) is 0 Å². The Morgan fingerprint density at radius 1 is 1.31 bits per heavy atom. The molecule has 0 aromatic heterocycles. The Labute approximate surface area is 173 Å². The molecule has 2 aliphatic heterocycles. The molecule has 2 fully saturated rings. The summed E-state index contributed by atoms with van der Waals surface area (Å²) in [5.74, 6) is 1.10. The molecule has 0 radical (unpaired) electrons. The summed E-state index contributed by atoms with van der Waals surface area (Å²) in [6.07, 6.45) is 3.13. The van der Waals surface area contributed by atoms with Gasteiger partial charge in [0.1, 0.15) is 23.5 Å². The number of benzene rings is 1. The van der Waals surface area contributed by atoms with E-state index < -0.39 is 0 Å². The first-order valence-corrected chi connectivity index (χ1v) is 11.0. The van der Waals surface area contributed by atoms with Gasteiger partial charge < -0.3 is 19.7 Å². The molecule has 29 heavy (non-hydrogen) atoms. The lowest BCUT2D eigenvalue weighted by Crippen LogP contribution is -2.51. The number of nitrogens with zero attached hydrogens (tertiary/aromatic N) is 1. The molecule has 1 aromatic carbocycles. The minimum absolute atomic E-state index is 0.0127. The molecule has 5 rings (SSSR count). The quantitative estimate of drug-likeness (QED) is 0.751. The summed E-state index contributed by atoms with van der Waals surface area (Å²) in [5.41, 5.74) is 3.07. The molecule has 2 bridgehead atoms. The number of ether oxygens (including phenoxy) is 2. The van der Waals surface area contributed by atoms with E-state index in [9.17, 15) is 4.79 Å². The van der Waals surface area contributed by atoms with Crippen molar-refractivity contribution in [3.8, 4) is 0 Å². The topological polar surface area (TPSA) is 50.8 Å². The van der Waals surface area contributed by atoms with E-state index in [1.807, 2.05) is 19.1 Å². The van der Waals surface area contributed by atoms with Crippen LogP contribution in [0.1, 0.15) is 53.9 Å². The maximum atomic E-state index is 13.4. The Balaban J connectivity index is 1.41. The van der Waals surface area contributed by atoms with Gasteiger partial charge in [-0.2, -0.15) is 0 Å². The molecule has 1 aromatic rings. The van der Waals surface area contributed by atoms with E-state index in [1.54, 1.807) is 0 Å². The third kappa shape index (κ3) is 2.42. The van der Waals surface area contributed by atoms with Crippen LogP contribution in [0.25, 0.3) is 0 Å². The Bertz CT molecular complexity index is 892. The SMILES string of the molecule is CCN1c2ccccc2NC2C(C(=O)OC3CC4CCC3(C)C4(C)C)=C(C)OC21. The Kier molecular flexibility index (Phi) is 4.00. The van der Waals surface area contributed by atoms with Gasteiger partial charge in [-0.25, -0.2) is 4.79 Å². The van der Waals surface area contributed by atoms with Crippen molar-refractivity contribution in [1.29, 1.82) is 0 Å². The van der Waals surface area contributed by atoms with Crippen molar-refractivity contribution in [1.82, 2.24) is 0 Å². The minimum Gasteiger partial charge on any atom is -0.472 e. The second kappa shape index (κ2) is 6.16. The number of fused-ring (bicyclic) bond motifs is 4. The number of hydrogen-bond donors (Lipinski definition) is 1. The van der Waals surface area contributed by atoms with Crippen LogP contribution in [0.3, 0.4) is 0 Å². The zero-order chi connectivity index (χ0) is 20.6. The van der Waals surface area contributed by atoms with Crippen LogP contribution in [0.2, 0.25) is 0 Å². The van der Waals surface area contributed by atoms with Crippen LogP contribution in [-0.2, 0) is 14.3 Å². The van der Waals surface area contributed by atoms with E-state index in [0.29, 0.717) is 17.3 Å². The highest BCUT2D eigenvalue weighted by Gasteiger charge is 2.63. The maximum Gasteiger partial charge on any atom is 0.340 e. The lowest BCUT2D eigenvalue weighted by Gasteiger charge is -2.40. The van der Waals surface area contributed by atoms with Gasteiger partial charge in [0.05, 0.1) is 11.4 Å². The summed E-state index contributed by atoms with van der Waals surface area (Å²) in [4.78, 5) is 15.6. The fraction of sp³-hybridized carbons (Fsp3) is 0.625. The van der Waals surface area contributed by atoms with Crippen molar-refractivity contribution in [2.24, 2.45) is 16.7 Å². The largest absolute Gasteiger partial charge is 0.472 e. The van der Waals surface area contributed by atoms with E-state index in [-0.39, 0.29) is 35.2 Å². The fourth-order valence-electron chi connectivity index (χ4n) is 6.33. The van der Waals surface area contributed by atoms with Gasteiger partial charge >= 0.3 is 5.97 Å². The summed E-state index contributed by atoms with van der Waals surface area (Å²) >= 11 is 0. The number of allylic oxidation sites excluding steroid dienone is 1. The maximum absolute atomic E-state index is 13.4. The van der Waals surface area contributed by atoms with Crippen LogP contribution in [-0.4, -0.2) is 30.9 Å². The fourth-order valence-corrected chi connectivity index (χ4v) is 6.33. The van der Waals surface area contributed by atoms with Gasteiger partial charge in [-0.05, 0) is 56.6 Å². The second-order valence-electron chi connectivity index (χ2n) is 9.91. The molecular weight excluding hydrogens is 364 g/mol. The molecule has 5 unspecified atom stereocenters. The summed E-state index contributed by atoms with van der Waals surface area (Å²) < 4.78 is 12.4. The van der Waals surface area contributed by atoms with E-state index in [1.165, 1.54) is 6.42 Å². The zero-order valence-corrected chi connectivity index (χ0v) is 18.1. The number of anilines is 2. The molecule has 2 aliphatic carbocycles. The van der Waals surface area contributed by atoms with Crippen LogP contribution in [0, 0.1) is 16.7 Å². The first-order valence-electron chi connectivity index (χ1n) is 11.0. The van der Waals surface area contributed by atoms with Gasteiger partial charge in [-0.1, -0.05) is 32.9 Å². The molecule has 2 saturated carbocycles. The average Bonchev–Trinajstić information content (AvgIpc) is 3.19. The molecule has 4 aliphatic rings. The zero-order valence-electron chi connectivity index (χ0n) is 18.1. The predicted octanol–water partition coefficient (Wildman–Crippen LogP) is 4.70. The molecule has 1 N–H and O–H groups in total. The van der Waals surface area contributed by atoms with Crippen molar-refractivity contribution in [2.75, 3.05) is 16.8 Å². The van der Waals surface area contributed by atoms with Crippen LogP contribution < -0.4 is 10.2 Å². The number of hydrogen-bond acceptors (Lipinski definition) is 5. The van der Waals surface area contributed by atoms with Crippen molar-refractivity contribution in [3.63, 3.8) is 0 Å². The number of nitrogens with one attached hydrogen (secondary N) is 1. The van der Waals surface area contributed by atoms with E-state index in [0.717, 1.165) is 30.8 Å². The van der Waals surface area contributed by atoms with Crippen molar-refractivity contribution in [2.45, 2.75) is 72.3 Å². The predicted molar refractivity (Wildman–Crippen MR) is 114 cm³/mol. The molecule has 156 valence electrons. The van der Waals surface area contributed by atoms with Crippen molar-refractivity contribution < 1.29 is 14.3 Å². The molecule has 0 amide bonds. The molecule has 2 heterocycles. The van der Waals surface area contributed by atoms with Gasteiger partial charge in [-0.15, -0.1) is 0 Å². The standard InChI is InChI=1S/C24H32N2O3/c1-6-26-17-10-8-7-9-16(17)25-20-19(14(2)28-21(20)26)22(27)29-18-13-15-11-12-24(18,5)23(15,3)4/h7-10,15,18,20-21,25H,6,11-13H2,1-5H3. The Morgan fingerprint density at radius 2 is 2.07 bits per heavy atom. The van der Waals surface area contributed by atoms with Gasteiger partial charge in [0.15, 0.2) is 6.23 Å². The molecule has 0 spiro atoms. The summed E-state index contributed by atoms with van der Waals surface area (Å²) in [6, 6.07) is 7.99. The van der Waals surface area contributed by atoms with Crippen LogP contribution >= 0.6 is 0 Å². The highest BCUT2D eigenvalue weighted by Crippen LogP contribution is 2.66. The lowest BCUT2D eigenvalue weighted by molar-refractivity contribution is -0.152. The monoisotopic (exact) mass is 396 g/mol. The second-order valence-corrected chi connectivity index (χ2v) is 9.91. The number of para-hydroxylation sites is 2. The van der Waals surface area contributed by atoms with Crippen molar-refractivity contribution in [3.05, 3.63) is 35.6 Å². The van der Waals surface area contributed by atoms with E-state index in [2.05, 4.69) is 50.0 Å². The molecule has 0 saturated heterocycles. The first-order chi connectivity index (χ1) is 13.8.